The molecule has 1 aliphatic heterocycles. The summed E-state index contributed by atoms with van der Waals surface area (Å²) in [4.78, 5) is 12.6. The zero-order chi connectivity index (χ0) is 25.9. The standard InChI is InChI=1S/C25H25F2N3O5S/c1-16-24(23(35-29-16)10-8-17-7-9-19(26)15-20(17)27)36(32,33)30-13-11-18(12-14-30)25(31)28-21-5-3-4-6-22(21)34-2/h3-10,15,18H,11-14H2,1-2H3,(H,28,31)/b10-8+. The van der Waals surface area contributed by atoms with E-state index in [4.69, 9.17) is 9.26 Å². The molecule has 1 aliphatic rings. The second kappa shape index (κ2) is 10.6. The van der Waals surface area contributed by atoms with Crippen molar-refractivity contribution in [2.75, 3.05) is 25.5 Å². The zero-order valence-corrected chi connectivity index (χ0v) is 20.5. The van der Waals surface area contributed by atoms with Crippen molar-refractivity contribution in [1.29, 1.82) is 0 Å². The molecule has 0 saturated carbocycles. The van der Waals surface area contributed by atoms with E-state index in [2.05, 4.69) is 10.5 Å². The molecule has 190 valence electrons. The molecule has 3 aromatic rings. The molecule has 8 nitrogen and oxygen atoms in total. The van der Waals surface area contributed by atoms with Crippen molar-refractivity contribution < 1.29 is 31.3 Å². The number of benzene rings is 2. The second-order valence-electron chi connectivity index (χ2n) is 8.33. The molecule has 1 saturated heterocycles. The molecule has 11 heteroatoms. The molecule has 1 fully saturated rings. The lowest BCUT2D eigenvalue weighted by Gasteiger charge is -2.30. The van der Waals surface area contributed by atoms with Crippen LogP contribution in [0, 0.1) is 24.5 Å². The molecular formula is C25H25F2N3O5S. The number of ether oxygens (including phenoxy) is 1. The maximum atomic E-state index is 14.0. The summed E-state index contributed by atoms with van der Waals surface area (Å²) in [5, 5.41) is 6.62. The maximum Gasteiger partial charge on any atom is 0.248 e. The maximum absolute atomic E-state index is 14.0. The van der Waals surface area contributed by atoms with Crippen LogP contribution in [-0.4, -0.2) is 44.0 Å². The van der Waals surface area contributed by atoms with E-state index in [9.17, 15) is 22.0 Å². The first-order chi connectivity index (χ1) is 17.2. The summed E-state index contributed by atoms with van der Waals surface area (Å²) in [7, 11) is -2.49. The molecule has 0 bridgehead atoms. The minimum absolute atomic E-state index is 0.0627. The molecule has 0 unspecified atom stereocenters. The number of para-hydroxylation sites is 2. The highest BCUT2D eigenvalue weighted by molar-refractivity contribution is 7.89. The van der Waals surface area contributed by atoms with Gasteiger partial charge >= 0.3 is 0 Å². The first kappa shape index (κ1) is 25.5. The van der Waals surface area contributed by atoms with Crippen molar-refractivity contribution in [3.8, 4) is 5.75 Å². The molecule has 0 atom stereocenters. The Kier molecular flexibility index (Phi) is 7.51. The van der Waals surface area contributed by atoms with Crippen molar-refractivity contribution in [3.63, 3.8) is 0 Å². The SMILES string of the molecule is COc1ccccc1NC(=O)C1CCN(S(=O)(=O)c2c(C)noc2/C=C/c2ccc(F)cc2F)CC1. The molecule has 4 rings (SSSR count). The lowest BCUT2D eigenvalue weighted by molar-refractivity contribution is -0.120. The Bertz CT molecular complexity index is 1400. The highest BCUT2D eigenvalue weighted by Gasteiger charge is 2.36. The summed E-state index contributed by atoms with van der Waals surface area (Å²) in [6, 6.07) is 10.1. The van der Waals surface area contributed by atoms with E-state index in [0.717, 1.165) is 12.1 Å². The first-order valence-electron chi connectivity index (χ1n) is 11.2. The normalized spacial score (nSPS) is 15.3. The Balaban J connectivity index is 1.46. The number of nitrogens with one attached hydrogen (secondary N) is 1. The number of nitrogens with zero attached hydrogens (tertiary/aromatic N) is 2. The topological polar surface area (TPSA) is 102 Å². The molecule has 2 aromatic carbocycles. The third-order valence-corrected chi connectivity index (χ3v) is 8.06. The van der Waals surface area contributed by atoms with E-state index in [-0.39, 0.29) is 46.8 Å². The van der Waals surface area contributed by atoms with Crippen LogP contribution in [0.4, 0.5) is 14.5 Å². The number of rotatable bonds is 7. The summed E-state index contributed by atoms with van der Waals surface area (Å²) in [5.74, 6) is -1.61. The van der Waals surface area contributed by atoms with Crippen LogP contribution in [0.15, 0.2) is 51.9 Å². The van der Waals surface area contributed by atoms with Gasteiger partial charge in [0.15, 0.2) is 10.7 Å². The first-order valence-corrected chi connectivity index (χ1v) is 12.7. The van der Waals surface area contributed by atoms with Gasteiger partial charge in [0.2, 0.25) is 15.9 Å². The van der Waals surface area contributed by atoms with E-state index in [1.807, 2.05) is 0 Å². The van der Waals surface area contributed by atoms with E-state index in [1.54, 1.807) is 24.3 Å². The molecule has 36 heavy (non-hydrogen) atoms. The Morgan fingerprint density at radius 1 is 1.17 bits per heavy atom. The van der Waals surface area contributed by atoms with Gasteiger partial charge in [-0.2, -0.15) is 4.31 Å². The van der Waals surface area contributed by atoms with Crippen LogP contribution < -0.4 is 10.1 Å². The molecule has 1 amide bonds. The van der Waals surface area contributed by atoms with Crippen LogP contribution in [0.3, 0.4) is 0 Å². The highest BCUT2D eigenvalue weighted by atomic mass is 32.2. The van der Waals surface area contributed by atoms with Gasteiger partial charge < -0.3 is 14.6 Å². The van der Waals surface area contributed by atoms with Crippen molar-refractivity contribution in [2.24, 2.45) is 5.92 Å². The van der Waals surface area contributed by atoms with Crippen molar-refractivity contribution in [2.45, 2.75) is 24.7 Å². The van der Waals surface area contributed by atoms with Crippen molar-refractivity contribution in [3.05, 3.63) is 71.1 Å². The van der Waals surface area contributed by atoms with Crippen molar-refractivity contribution in [1.82, 2.24) is 9.46 Å². The number of piperidine rings is 1. The van der Waals surface area contributed by atoms with Crippen LogP contribution in [0.5, 0.6) is 5.75 Å². The zero-order valence-electron chi connectivity index (χ0n) is 19.7. The minimum atomic E-state index is -4.00. The van der Waals surface area contributed by atoms with E-state index < -0.39 is 21.7 Å². The molecule has 2 heterocycles. The minimum Gasteiger partial charge on any atom is -0.495 e. The number of halogens is 2. The average molecular weight is 518 g/mol. The van der Waals surface area contributed by atoms with Gasteiger partial charge in [0.05, 0.1) is 12.8 Å². The number of aromatic nitrogens is 1. The predicted molar refractivity (Wildman–Crippen MR) is 130 cm³/mol. The summed E-state index contributed by atoms with van der Waals surface area (Å²) in [6.07, 6.45) is 3.24. The summed E-state index contributed by atoms with van der Waals surface area (Å²) in [5.41, 5.74) is 0.773. The van der Waals surface area contributed by atoms with Crippen LogP contribution in [-0.2, 0) is 14.8 Å². The summed E-state index contributed by atoms with van der Waals surface area (Å²) >= 11 is 0. The van der Waals surface area contributed by atoms with Gasteiger partial charge in [-0.15, -0.1) is 0 Å². The third-order valence-electron chi connectivity index (χ3n) is 6.00. The Hall–Kier alpha value is -3.57. The average Bonchev–Trinajstić information content (AvgIpc) is 3.25. The number of amides is 1. The van der Waals surface area contributed by atoms with Crippen LogP contribution >= 0.6 is 0 Å². The lowest BCUT2D eigenvalue weighted by atomic mass is 9.97. The van der Waals surface area contributed by atoms with Crippen molar-refractivity contribution >= 4 is 33.8 Å². The lowest BCUT2D eigenvalue weighted by Crippen LogP contribution is -2.41. The van der Waals surface area contributed by atoms with Gasteiger partial charge in [0.1, 0.15) is 23.1 Å². The molecular weight excluding hydrogens is 492 g/mol. The molecule has 1 aromatic heterocycles. The second-order valence-corrected chi connectivity index (χ2v) is 10.2. The van der Waals surface area contributed by atoms with Gasteiger partial charge in [-0.3, -0.25) is 4.79 Å². The van der Waals surface area contributed by atoms with E-state index in [0.29, 0.717) is 24.3 Å². The summed E-state index contributed by atoms with van der Waals surface area (Å²) in [6.45, 7) is 1.76. The van der Waals surface area contributed by atoms with Gasteiger partial charge in [-0.1, -0.05) is 17.3 Å². The fourth-order valence-corrected chi connectivity index (χ4v) is 5.79. The molecule has 0 radical (unpaired) electrons. The number of hydrogen-bond acceptors (Lipinski definition) is 6. The van der Waals surface area contributed by atoms with Crippen LogP contribution in [0.2, 0.25) is 0 Å². The number of methoxy groups -OCH3 is 1. The Morgan fingerprint density at radius 3 is 2.58 bits per heavy atom. The monoisotopic (exact) mass is 517 g/mol. The quantitative estimate of drug-likeness (QED) is 0.496. The molecule has 1 N–H and O–H groups in total. The van der Waals surface area contributed by atoms with E-state index >= 15 is 0 Å². The fraction of sp³-hybridized carbons (Fsp3) is 0.280. The largest absolute Gasteiger partial charge is 0.495 e. The number of hydrogen-bond donors (Lipinski definition) is 1. The van der Waals surface area contributed by atoms with Gasteiger partial charge in [-0.25, -0.2) is 17.2 Å². The summed E-state index contributed by atoms with van der Waals surface area (Å²) < 4.78 is 65.7. The fourth-order valence-electron chi connectivity index (χ4n) is 4.07. The number of sulfonamides is 1. The predicted octanol–water partition coefficient (Wildman–Crippen LogP) is 4.48. The number of aryl methyl sites for hydroxylation is 1. The number of carbonyl (C=O) groups is 1. The molecule has 0 aliphatic carbocycles. The number of carbonyl (C=O) groups excluding carboxylic acids is 1. The Morgan fingerprint density at radius 2 is 1.89 bits per heavy atom. The van der Waals surface area contributed by atoms with Gasteiger partial charge in [0.25, 0.3) is 0 Å². The third kappa shape index (κ3) is 5.31. The van der Waals surface area contributed by atoms with Crippen LogP contribution in [0.1, 0.15) is 29.9 Å². The van der Waals surface area contributed by atoms with E-state index in [1.165, 1.54) is 36.6 Å². The smallest absolute Gasteiger partial charge is 0.248 e. The highest BCUT2D eigenvalue weighted by Crippen LogP contribution is 2.31. The number of anilines is 1. The van der Waals surface area contributed by atoms with Crippen LogP contribution in [0.25, 0.3) is 12.2 Å². The Labute approximate surface area is 207 Å². The van der Waals surface area contributed by atoms with Gasteiger partial charge in [-0.05, 0) is 56.2 Å². The van der Waals surface area contributed by atoms with Gasteiger partial charge in [0, 0.05) is 30.6 Å². The molecule has 0 spiro atoms.